The third kappa shape index (κ3) is 4.21. The number of nitrogens with zero attached hydrogens (tertiary/aromatic N) is 1. The summed E-state index contributed by atoms with van der Waals surface area (Å²) in [5, 5.41) is 3.29. The second-order valence-corrected chi connectivity index (χ2v) is 9.44. The quantitative estimate of drug-likeness (QED) is 0.653. The van der Waals surface area contributed by atoms with E-state index >= 15 is 0 Å². The summed E-state index contributed by atoms with van der Waals surface area (Å²) in [5.74, 6) is 1.62. The molecule has 2 atom stereocenters. The Morgan fingerprint density at radius 3 is 2.52 bits per heavy atom. The first-order chi connectivity index (χ1) is 14.2. The summed E-state index contributed by atoms with van der Waals surface area (Å²) in [5.41, 5.74) is 2.47. The molecular formula is C25H34N2OS. The number of piperidine rings is 1. The van der Waals surface area contributed by atoms with Crippen LogP contribution in [0.1, 0.15) is 37.3 Å². The Kier molecular flexibility index (Phi) is 6.53. The zero-order valence-corrected chi connectivity index (χ0v) is 18.8. The lowest BCUT2D eigenvalue weighted by atomic mass is 9.73. The van der Waals surface area contributed by atoms with Crippen LogP contribution in [0, 0.1) is 5.92 Å². The minimum absolute atomic E-state index is 0.221. The molecule has 0 bridgehead atoms. The van der Waals surface area contributed by atoms with E-state index in [1.165, 1.54) is 48.4 Å². The molecule has 2 heterocycles. The van der Waals surface area contributed by atoms with Crippen LogP contribution in [0.5, 0.6) is 5.75 Å². The van der Waals surface area contributed by atoms with Gasteiger partial charge in [-0.2, -0.15) is 0 Å². The first-order valence-corrected chi connectivity index (χ1v) is 12.2. The molecule has 1 saturated heterocycles. The molecule has 0 aromatic heterocycles. The lowest BCUT2D eigenvalue weighted by Crippen LogP contribution is -2.48. The molecule has 4 heteroatoms. The van der Waals surface area contributed by atoms with Crippen LogP contribution < -0.4 is 10.1 Å². The maximum Gasteiger partial charge on any atom is 0.141 e. The fourth-order valence-corrected chi connectivity index (χ4v) is 5.51. The van der Waals surface area contributed by atoms with Gasteiger partial charge in [-0.1, -0.05) is 30.3 Å². The Morgan fingerprint density at radius 1 is 1.14 bits per heavy atom. The number of likely N-dealkylation sites (tertiary alicyclic amines) is 1. The van der Waals surface area contributed by atoms with Gasteiger partial charge in [-0.3, -0.25) is 0 Å². The van der Waals surface area contributed by atoms with E-state index in [2.05, 4.69) is 71.9 Å². The second-order valence-electron chi connectivity index (χ2n) is 8.56. The molecule has 0 spiro atoms. The molecule has 2 unspecified atom stereocenters. The summed E-state index contributed by atoms with van der Waals surface area (Å²) in [6.07, 6.45) is 6.73. The first kappa shape index (κ1) is 20.8. The molecule has 1 fully saturated rings. The number of hydrogen-bond acceptors (Lipinski definition) is 4. The van der Waals surface area contributed by atoms with Crippen molar-refractivity contribution in [1.82, 2.24) is 10.2 Å². The number of rotatable bonds is 7. The average molecular weight is 411 g/mol. The van der Waals surface area contributed by atoms with E-state index in [0.29, 0.717) is 12.0 Å². The van der Waals surface area contributed by atoms with Crippen LogP contribution in [0.2, 0.25) is 0 Å². The smallest absolute Gasteiger partial charge is 0.141 e. The third-order valence-corrected chi connectivity index (χ3v) is 7.66. The fraction of sp³-hybridized carbons (Fsp3) is 0.520. The number of fused-ring (bicyclic) bond motifs is 1. The number of nitrogens with one attached hydrogen (secondary N) is 1. The molecule has 0 radical (unpaired) electrons. The Morgan fingerprint density at radius 2 is 1.86 bits per heavy atom. The standard InChI is InChI=1S/C25H34N2OS/c1-19(12-15-26-2)27-16-13-22(14-17-27)25(21-8-10-23(29-3)11-9-21)18-20-6-4-5-7-24(20)28-25/h4-11,19,22,26H,12-18H2,1-3H3. The largest absolute Gasteiger partial charge is 0.482 e. The molecule has 0 aliphatic carbocycles. The van der Waals surface area contributed by atoms with E-state index in [4.69, 9.17) is 4.74 Å². The molecule has 0 saturated carbocycles. The van der Waals surface area contributed by atoms with Crippen molar-refractivity contribution in [2.45, 2.75) is 49.1 Å². The van der Waals surface area contributed by atoms with Crippen molar-refractivity contribution >= 4 is 11.8 Å². The molecule has 1 N–H and O–H groups in total. The minimum Gasteiger partial charge on any atom is -0.482 e. The topological polar surface area (TPSA) is 24.5 Å². The summed E-state index contributed by atoms with van der Waals surface area (Å²) < 4.78 is 6.82. The maximum absolute atomic E-state index is 6.82. The summed E-state index contributed by atoms with van der Waals surface area (Å²) in [7, 11) is 2.04. The highest BCUT2D eigenvalue weighted by Crippen LogP contribution is 2.49. The van der Waals surface area contributed by atoms with Gasteiger partial charge in [0.2, 0.25) is 0 Å². The summed E-state index contributed by atoms with van der Waals surface area (Å²) in [6, 6.07) is 18.4. The lowest BCUT2D eigenvalue weighted by Gasteiger charge is -2.44. The highest BCUT2D eigenvalue weighted by molar-refractivity contribution is 7.98. The van der Waals surface area contributed by atoms with E-state index in [1.54, 1.807) is 11.8 Å². The van der Waals surface area contributed by atoms with Gasteiger partial charge in [0.1, 0.15) is 11.4 Å². The first-order valence-electron chi connectivity index (χ1n) is 11.0. The van der Waals surface area contributed by atoms with E-state index in [1.807, 2.05) is 7.05 Å². The van der Waals surface area contributed by atoms with Crippen molar-refractivity contribution < 1.29 is 4.74 Å². The molecule has 0 amide bonds. The van der Waals surface area contributed by atoms with Crippen LogP contribution in [0.4, 0.5) is 0 Å². The van der Waals surface area contributed by atoms with Gasteiger partial charge in [0, 0.05) is 23.3 Å². The predicted octanol–water partition coefficient (Wildman–Crippen LogP) is 4.95. The van der Waals surface area contributed by atoms with Gasteiger partial charge in [0.05, 0.1) is 0 Å². The molecule has 156 valence electrons. The molecule has 2 aliphatic rings. The molecular weight excluding hydrogens is 376 g/mol. The Labute approximate surface area is 180 Å². The maximum atomic E-state index is 6.82. The van der Waals surface area contributed by atoms with Crippen molar-refractivity contribution in [2.24, 2.45) is 5.92 Å². The highest BCUT2D eigenvalue weighted by Gasteiger charge is 2.48. The molecule has 3 nitrogen and oxygen atoms in total. The Hall–Kier alpha value is -1.49. The molecule has 4 rings (SSSR count). The van der Waals surface area contributed by atoms with Crippen molar-refractivity contribution in [1.29, 1.82) is 0 Å². The van der Waals surface area contributed by atoms with Gasteiger partial charge in [-0.15, -0.1) is 11.8 Å². The van der Waals surface area contributed by atoms with Gasteiger partial charge in [-0.25, -0.2) is 0 Å². The van der Waals surface area contributed by atoms with Crippen LogP contribution in [0.15, 0.2) is 53.4 Å². The summed E-state index contributed by atoms with van der Waals surface area (Å²) >= 11 is 1.80. The molecule has 2 aromatic rings. The van der Waals surface area contributed by atoms with E-state index in [0.717, 1.165) is 18.7 Å². The molecule has 29 heavy (non-hydrogen) atoms. The number of ether oxygens (including phenoxy) is 1. The van der Waals surface area contributed by atoms with Gasteiger partial charge in [0.15, 0.2) is 0 Å². The average Bonchev–Trinajstić information content (AvgIpc) is 3.18. The van der Waals surface area contributed by atoms with Crippen LogP contribution in [-0.2, 0) is 12.0 Å². The van der Waals surface area contributed by atoms with E-state index in [-0.39, 0.29) is 5.60 Å². The van der Waals surface area contributed by atoms with Crippen molar-refractivity contribution in [2.75, 3.05) is 32.9 Å². The number of benzene rings is 2. The summed E-state index contributed by atoms with van der Waals surface area (Å²) in [4.78, 5) is 3.98. The van der Waals surface area contributed by atoms with Crippen LogP contribution >= 0.6 is 11.8 Å². The van der Waals surface area contributed by atoms with Crippen LogP contribution in [0.25, 0.3) is 0 Å². The van der Waals surface area contributed by atoms with E-state index < -0.39 is 0 Å². The van der Waals surface area contributed by atoms with Crippen molar-refractivity contribution in [3.63, 3.8) is 0 Å². The van der Waals surface area contributed by atoms with Gasteiger partial charge >= 0.3 is 0 Å². The molecule has 2 aliphatic heterocycles. The lowest BCUT2D eigenvalue weighted by molar-refractivity contribution is -0.0142. The van der Waals surface area contributed by atoms with Crippen LogP contribution in [-0.4, -0.2) is 43.9 Å². The zero-order chi connectivity index (χ0) is 20.3. The minimum atomic E-state index is -0.221. The number of para-hydroxylation sites is 1. The van der Waals surface area contributed by atoms with Gasteiger partial charge < -0.3 is 15.0 Å². The zero-order valence-electron chi connectivity index (χ0n) is 18.0. The highest BCUT2D eigenvalue weighted by atomic mass is 32.2. The van der Waals surface area contributed by atoms with Gasteiger partial charge in [-0.05, 0) is 88.4 Å². The fourth-order valence-electron chi connectivity index (χ4n) is 5.10. The monoisotopic (exact) mass is 410 g/mol. The normalized spacial score (nSPS) is 23.6. The Bertz CT molecular complexity index is 774. The number of hydrogen-bond donors (Lipinski definition) is 1. The summed E-state index contributed by atoms with van der Waals surface area (Å²) in [6.45, 7) is 5.79. The predicted molar refractivity (Wildman–Crippen MR) is 123 cm³/mol. The van der Waals surface area contributed by atoms with Gasteiger partial charge in [0.25, 0.3) is 0 Å². The second kappa shape index (κ2) is 9.11. The SMILES string of the molecule is CNCCC(C)N1CCC(C2(c3ccc(SC)cc3)Cc3ccccc3O2)CC1. The van der Waals surface area contributed by atoms with Crippen LogP contribution in [0.3, 0.4) is 0 Å². The number of thioether (sulfide) groups is 1. The van der Waals surface area contributed by atoms with Crippen molar-refractivity contribution in [3.05, 3.63) is 59.7 Å². The third-order valence-electron chi connectivity index (χ3n) is 6.92. The Balaban J connectivity index is 1.56. The molecule has 2 aromatic carbocycles. The van der Waals surface area contributed by atoms with Crippen molar-refractivity contribution in [3.8, 4) is 5.75 Å². The van der Waals surface area contributed by atoms with E-state index in [9.17, 15) is 0 Å².